The molecule has 1 heterocycles. The number of nitrogens with one attached hydrogen (secondary N) is 2. The second-order valence-corrected chi connectivity index (χ2v) is 4.59. The fraction of sp³-hybridized carbons (Fsp3) is 0.750. The number of carbonyl (C=O) groups excluding carboxylic acids is 2. The molecule has 0 aromatic rings. The SMILES string of the molecule is O=C(O)COCC(=O)NC(=O)NCCN1CCCCC1. The summed E-state index contributed by atoms with van der Waals surface area (Å²) in [6.07, 6.45) is 3.63. The van der Waals surface area contributed by atoms with E-state index < -0.39 is 31.1 Å². The van der Waals surface area contributed by atoms with Crippen LogP contribution in [0.25, 0.3) is 0 Å². The van der Waals surface area contributed by atoms with Gasteiger partial charge in [0.2, 0.25) is 0 Å². The van der Waals surface area contributed by atoms with E-state index in [9.17, 15) is 14.4 Å². The Morgan fingerprint density at radius 3 is 2.45 bits per heavy atom. The third kappa shape index (κ3) is 7.70. The van der Waals surface area contributed by atoms with Gasteiger partial charge in [-0.15, -0.1) is 0 Å². The van der Waals surface area contributed by atoms with Gasteiger partial charge < -0.3 is 20.1 Å². The second kappa shape index (κ2) is 9.27. The first-order chi connectivity index (χ1) is 9.58. The number of carboxylic acids is 1. The lowest BCUT2D eigenvalue weighted by molar-refractivity contribution is -0.143. The molecule has 3 N–H and O–H groups in total. The van der Waals surface area contributed by atoms with Crippen LogP contribution in [0.4, 0.5) is 4.79 Å². The van der Waals surface area contributed by atoms with Crippen molar-refractivity contribution in [2.75, 3.05) is 39.4 Å². The number of urea groups is 1. The molecule has 0 spiro atoms. The maximum Gasteiger partial charge on any atom is 0.329 e. The van der Waals surface area contributed by atoms with E-state index in [-0.39, 0.29) is 0 Å². The first kappa shape index (κ1) is 16.4. The minimum atomic E-state index is -1.16. The lowest BCUT2D eigenvalue weighted by atomic mass is 10.1. The van der Waals surface area contributed by atoms with Crippen molar-refractivity contribution in [2.45, 2.75) is 19.3 Å². The van der Waals surface area contributed by atoms with Gasteiger partial charge in [0.15, 0.2) is 0 Å². The van der Waals surface area contributed by atoms with Crippen molar-refractivity contribution in [1.29, 1.82) is 0 Å². The number of aliphatic carboxylic acids is 1. The van der Waals surface area contributed by atoms with Crippen molar-refractivity contribution in [1.82, 2.24) is 15.5 Å². The molecule has 20 heavy (non-hydrogen) atoms. The van der Waals surface area contributed by atoms with Crippen molar-refractivity contribution in [3.63, 3.8) is 0 Å². The number of carbonyl (C=O) groups is 3. The number of ether oxygens (including phenoxy) is 1. The highest BCUT2D eigenvalue weighted by molar-refractivity contribution is 5.94. The number of carboxylic acid groups (broad SMARTS) is 1. The topological polar surface area (TPSA) is 108 Å². The Morgan fingerprint density at radius 1 is 1.10 bits per heavy atom. The fourth-order valence-electron chi connectivity index (χ4n) is 1.95. The van der Waals surface area contributed by atoms with E-state index in [4.69, 9.17) is 5.11 Å². The number of hydrogen-bond donors (Lipinski definition) is 3. The summed E-state index contributed by atoms with van der Waals surface area (Å²) in [5.74, 6) is -1.83. The maximum atomic E-state index is 11.4. The number of likely N-dealkylation sites (tertiary alicyclic amines) is 1. The van der Waals surface area contributed by atoms with Crippen LogP contribution in [0.2, 0.25) is 0 Å². The normalized spacial score (nSPS) is 15.6. The van der Waals surface area contributed by atoms with Crippen molar-refractivity contribution >= 4 is 17.9 Å². The smallest absolute Gasteiger partial charge is 0.329 e. The van der Waals surface area contributed by atoms with Gasteiger partial charge in [0.1, 0.15) is 13.2 Å². The van der Waals surface area contributed by atoms with Gasteiger partial charge in [0.25, 0.3) is 5.91 Å². The molecular formula is C12H21N3O5. The first-order valence-corrected chi connectivity index (χ1v) is 6.67. The van der Waals surface area contributed by atoms with E-state index in [1.165, 1.54) is 19.3 Å². The molecule has 0 radical (unpaired) electrons. The number of imide groups is 1. The predicted octanol–water partition coefficient (Wildman–Crippen LogP) is -0.601. The summed E-state index contributed by atoms with van der Waals surface area (Å²) in [5, 5.41) is 12.9. The lowest BCUT2D eigenvalue weighted by Crippen LogP contribution is -2.44. The molecule has 0 saturated carbocycles. The fourth-order valence-corrected chi connectivity index (χ4v) is 1.95. The Morgan fingerprint density at radius 2 is 1.80 bits per heavy atom. The molecular weight excluding hydrogens is 266 g/mol. The van der Waals surface area contributed by atoms with E-state index >= 15 is 0 Å². The Bertz CT molecular complexity index is 342. The molecule has 1 aliphatic heterocycles. The maximum absolute atomic E-state index is 11.4. The van der Waals surface area contributed by atoms with Crippen LogP contribution in [0.5, 0.6) is 0 Å². The average molecular weight is 287 g/mol. The number of nitrogens with zero attached hydrogens (tertiary/aromatic N) is 1. The summed E-state index contributed by atoms with van der Waals surface area (Å²) in [6.45, 7) is 2.30. The Kier molecular flexibility index (Phi) is 7.59. The Labute approximate surface area is 117 Å². The molecule has 1 rings (SSSR count). The standard InChI is InChI=1S/C12H21N3O5/c16-10(8-20-9-11(17)18)14-12(19)13-4-7-15-5-2-1-3-6-15/h1-9H2,(H,17,18)(H2,13,14,16,19). The van der Waals surface area contributed by atoms with Gasteiger partial charge in [-0.05, 0) is 25.9 Å². The van der Waals surface area contributed by atoms with Crippen molar-refractivity contribution in [3.05, 3.63) is 0 Å². The summed E-state index contributed by atoms with van der Waals surface area (Å²) in [5.41, 5.74) is 0. The molecule has 1 saturated heterocycles. The molecule has 8 nitrogen and oxygen atoms in total. The summed E-state index contributed by atoms with van der Waals surface area (Å²) in [7, 11) is 0. The van der Waals surface area contributed by atoms with Crippen LogP contribution in [0, 0.1) is 0 Å². The second-order valence-electron chi connectivity index (χ2n) is 4.59. The van der Waals surface area contributed by atoms with Crippen LogP contribution >= 0.6 is 0 Å². The Hall–Kier alpha value is -1.67. The monoisotopic (exact) mass is 287 g/mol. The highest BCUT2D eigenvalue weighted by atomic mass is 16.5. The largest absolute Gasteiger partial charge is 0.480 e. The van der Waals surface area contributed by atoms with E-state index in [1.54, 1.807) is 0 Å². The molecule has 8 heteroatoms. The molecule has 0 aromatic carbocycles. The molecule has 114 valence electrons. The summed E-state index contributed by atoms with van der Waals surface area (Å²) >= 11 is 0. The zero-order valence-electron chi connectivity index (χ0n) is 11.4. The third-order valence-corrected chi connectivity index (χ3v) is 2.87. The molecule has 0 unspecified atom stereocenters. The molecule has 1 aliphatic rings. The molecule has 0 aromatic heterocycles. The molecule has 1 fully saturated rings. The van der Waals surface area contributed by atoms with Crippen LogP contribution in [-0.2, 0) is 14.3 Å². The zero-order valence-corrected chi connectivity index (χ0v) is 11.4. The average Bonchev–Trinajstić information content (AvgIpc) is 2.39. The van der Waals surface area contributed by atoms with Crippen LogP contribution < -0.4 is 10.6 Å². The highest BCUT2D eigenvalue weighted by Gasteiger charge is 2.11. The number of piperidine rings is 1. The molecule has 3 amide bonds. The third-order valence-electron chi connectivity index (χ3n) is 2.87. The van der Waals surface area contributed by atoms with Crippen LogP contribution in [0.1, 0.15) is 19.3 Å². The van der Waals surface area contributed by atoms with Gasteiger partial charge >= 0.3 is 12.0 Å². The van der Waals surface area contributed by atoms with E-state index in [2.05, 4.69) is 20.3 Å². The quantitative estimate of drug-likeness (QED) is 0.577. The summed E-state index contributed by atoms with van der Waals surface area (Å²) in [6, 6.07) is -0.592. The predicted molar refractivity (Wildman–Crippen MR) is 70.3 cm³/mol. The van der Waals surface area contributed by atoms with Crippen molar-refractivity contribution in [2.24, 2.45) is 0 Å². The minimum absolute atomic E-state index is 0.453. The summed E-state index contributed by atoms with van der Waals surface area (Å²) < 4.78 is 4.56. The van der Waals surface area contributed by atoms with Crippen molar-refractivity contribution in [3.8, 4) is 0 Å². The van der Waals surface area contributed by atoms with Crippen molar-refractivity contribution < 1.29 is 24.2 Å². The molecule has 0 aliphatic carbocycles. The van der Waals surface area contributed by atoms with E-state index in [0.29, 0.717) is 6.54 Å². The van der Waals surface area contributed by atoms with Gasteiger partial charge in [-0.2, -0.15) is 0 Å². The lowest BCUT2D eigenvalue weighted by Gasteiger charge is -2.26. The molecule has 0 atom stereocenters. The number of amides is 3. The van der Waals surface area contributed by atoms with Gasteiger partial charge in [-0.3, -0.25) is 10.1 Å². The highest BCUT2D eigenvalue weighted by Crippen LogP contribution is 2.07. The minimum Gasteiger partial charge on any atom is -0.480 e. The van der Waals surface area contributed by atoms with Crippen LogP contribution in [0.3, 0.4) is 0 Å². The van der Waals surface area contributed by atoms with E-state index in [0.717, 1.165) is 19.6 Å². The zero-order chi connectivity index (χ0) is 14.8. The van der Waals surface area contributed by atoms with Gasteiger partial charge in [-0.25, -0.2) is 9.59 Å². The van der Waals surface area contributed by atoms with Crippen LogP contribution in [-0.4, -0.2) is 67.3 Å². The molecule has 0 bridgehead atoms. The number of rotatable bonds is 7. The van der Waals surface area contributed by atoms with Gasteiger partial charge in [0.05, 0.1) is 0 Å². The Balaban J connectivity index is 2.04. The van der Waals surface area contributed by atoms with Gasteiger partial charge in [0, 0.05) is 13.1 Å². The first-order valence-electron chi connectivity index (χ1n) is 6.67. The van der Waals surface area contributed by atoms with Gasteiger partial charge in [-0.1, -0.05) is 6.42 Å². The number of hydrogen-bond acceptors (Lipinski definition) is 5. The van der Waals surface area contributed by atoms with Crippen LogP contribution in [0.15, 0.2) is 0 Å². The summed E-state index contributed by atoms with van der Waals surface area (Å²) in [4.78, 5) is 35.0. The van der Waals surface area contributed by atoms with E-state index in [1.807, 2.05) is 0 Å².